The standard InChI is InChI=1S/C17H22N2O2/c1-4-9-19(10-5-2)13(3)17(20)14-6-7-16-15(12-14)18-8-11-21-16/h4-7,12-13,18H,1-2,8-11H2,3H3. The number of Topliss-reactive ketones (excluding diaryl/α,β-unsaturated/α-hetero) is 1. The Balaban J connectivity index is 2.17. The lowest BCUT2D eigenvalue weighted by Gasteiger charge is -2.26. The van der Waals surface area contributed by atoms with Crippen LogP contribution in [0, 0.1) is 0 Å². The minimum Gasteiger partial charge on any atom is -0.490 e. The van der Waals surface area contributed by atoms with Crippen molar-refractivity contribution in [3.63, 3.8) is 0 Å². The van der Waals surface area contributed by atoms with Crippen molar-refractivity contribution in [3.05, 3.63) is 49.1 Å². The highest BCUT2D eigenvalue weighted by Crippen LogP contribution is 2.28. The molecule has 1 unspecified atom stereocenters. The summed E-state index contributed by atoms with van der Waals surface area (Å²) in [4.78, 5) is 14.7. The highest BCUT2D eigenvalue weighted by atomic mass is 16.5. The first-order valence-electron chi connectivity index (χ1n) is 7.18. The van der Waals surface area contributed by atoms with Gasteiger partial charge >= 0.3 is 0 Å². The van der Waals surface area contributed by atoms with Gasteiger partial charge in [-0.25, -0.2) is 0 Å². The Morgan fingerprint density at radius 1 is 1.43 bits per heavy atom. The number of hydrogen-bond donors (Lipinski definition) is 1. The van der Waals surface area contributed by atoms with Gasteiger partial charge in [-0.05, 0) is 25.1 Å². The van der Waals surface area contributed by atoms with Crippen LogP contribution in [-0.2, 0) is 0 Å². The van der Waals surface area contributed by atoms with Gasteiger partial charge in [0, 0.05) is 25.2 Å². The maximum absolute atomic E-state index is 12.6. The number of ether oxygens (including phenoxy) is 1. The van der Waals surface area contributed by atoms with E-state index in [9.17, 15) is 4.79 Å². The molecule has 0 amide bonds. The number of carbonyl (C=O) groups is 1. The van der Waals surface area contributed by atoms with Crippen molar-refractivity contribution >= 4 is 11.5 Å². The molecule has 0 fully saturated rings. The number of benzene rings is 1. The van der Waals surface area contributed by atoms with Gasteiger partial charge in [-0.1, -0.05) is 12.2 Å². The van der Waals surface area contributed by atoms with E-state index in [1.165, 1.54) is 0 Å². The van der Waals surface area contributed by atoms with E-state index >= 15 is 0 Å². The molecule has 0 bridgehead atoms. The summed E-state index contributed by atoms with van der Waals surface area (Å²) >= 11 is 0. The van der Waals surface area contributed by atoms with Gasteiger partial charge in [0.05, 0.1) is 11.7 Å². The molecule has 1 aromatic rings. The molecule has 1 aliphatic rings. The fourth-order valence-electron chi connectivity index (χ4n) is 2.42. The van der Waals surface area contributed by atoms with Gasteiger partial charge in [0.1, 0.15) is 12.4 Å². The second-order valence-electron chi connectivity index (χ2n) is 5.06. The molecule has 0 spiro atoms. The van der Waals surface area contributed by atoms with Gasteiger partial charge in [-0.2, -0.15) is 0 Å². The van der Waals surface area contributed by atoms with E-state index in [0.717, 1.165) is 18.0 Å². The Labute approximate surface area is 126 Å². The number of hydrogen-bond acceptors (Lipinski definition) is 4. The average Bonchev–Trinajstić information content (AvgIpc) is 2.53. The van der Waals surface area contributed by atoms with Crippen LogP contribution in [0.4, 0.5) is 5.69 Å². The van der Waals surface area contributed by atoms with Crippen molar-refractivity contribution in [1.82, 2.24) is 4.90 Å². The number of nitrogens with one attached hydrogen (secondary N) is 1. The number of anilines is 1. The molecule has 1 N–H and O–H groups in total. The van der Waals surface area contributed by atoms with Crippen LogP contribution >= 0.6 is 0 Å². The van der Waals surface area contributed by atoms with Crippen molar-refractivity contribution in [3.8, 4) is 5.75 Å². The molecule has 0 aliphatic carbocycles. The molecule has 1 atom stereocenters. The van der Waals surface area contributed by atoms with E-state index in [2.05, 4.69) is 18.5 Å². The molecule has 1 aromatic carbocycles. The summed E-state index contributed by atoms with van der Waals surface area (Å²) in [6, 6.07) is 5.33. The smallest absolute Gasteiger partial charge is 0.179 e. The highest BCUT2D eigenvalue weighted by Gasteiger charge is 2.22. The SMILES string of the molecule is C=CCN(CC=C)C(C)C(=O)c1ccc2c(c1)NCCO2. The fraction of sp³-hybridized carbons (Fsp3) is 0.353. The number of ketones is 1. The van der Waals surface area contributed by atoms with Crippen molar-refractivity contribution in [1.29, 1.82) is 0 Å². The van der Waals surface area contributed by atoms with Gasteiger partial charge in [0.2, 0.25) is 0 Å². The highest BCUT2D eigenvalue weighted by molar-refractivity contribution is 6.01. The van der Waals surface area contributed by atoms with Gasteiger partial charge in [0.15, 0.2) is 5.78 Å². The Bertz CT molecular complexity index is 530. The third kappa shape index (κ3) is 3.52. The first-order chi connectivity index (χ1) is 10.2. The Morgan fingerprint density at radius 2 is 2.14 bits per heavy atom. The minimum absolute atomic E-state index is 0.0915. The van der Waals surface area contributed by atoms with Crippen molar-refractivity contribution < 1.29 is 9.53 Å². The van der Waals surface area contributed by atoms with Crippen molar-refractivity contribution in [2.45, 2.75) is 13.0 Å². The van der Waals surface area contributed by atoms with Crippen LogP contribution in [-0.4, -0.2) is 43.0 Å². The van der Waals surface area contributed by atoms with E-state index in [0.29, 0.717) is 25.3 Å². The molecule has 0 aromatic heterocycles. The van der Waals surface area contributed by atoms with Crippen LogP contribution in [0.1, 0.15) is 17.3 Å². The summed E-state index contributed by atoms with van der Waals surface area (Å²) in [5.74, 6) is 0.897. The summed E-state index contributed by atoms with van der Waals surface area (Å²) in [6.07, 6.45) is 3.60. The molecule has 2 rings (SSSR count). The Morgan fingerprint density at radius 3 is 2.81 bits per heavy atom. The molecule has 1 heterocycles. The summed E-state index contributed by atoms with van der Waals surface area (Å²) in [6.45, 7) is 12.1. The third-order valence-electron chi connectivity index (χ3n) is 3.59. The molecule has 4 nitrogen and oxygen atoms in total. The maximum Gasteiger partial charge on any atom is 0.179 e. The summed E-state index contributed by atoms with van der Waals surface area (Å²) in [7, 11) is 0. The zero-order chi connectivity index (χ0) is 15.2. The number of nitrogens with zero attached hydrogens (tertiary/aromatic N) is 1. The zero-order valence-electron chi connectivity index (χ0n) is 12.5. The molecular formula is C17H22N2O2. The maximum atomic E-state index is 12.6. The lowest BCUT2D eigenvalue weighted by Crippen LogP contribution is -2.39. The fourth-order valence-corrected chi connectivity index (χ4v) is 2.42. The van der Waals surface area contributed by atoms with Gasteiger partial charge < -0.3 is 10.1 Å². The second kappa shape index (κ2) is 7.09. The predicted octanol–water partition coefficient (Wildman–Crippen LogP) is 2.74. The summed E-state index contributed by atoms with van der Waals surface area (Å²) in [5, 5.41) is 3.25. The van der Waals surface area contributed by atoms with E-state index in [-0.39, 0.29) is 11.8 Å². The van der Waals surface area contributed by atoms with Crippen LogP contribution in [0.3, 0.4) is 0 Å². The topological polar surface area (TPSA) is 41.6 Å². The molecule has 1 aliphatic heterocycles. The number of rotatable bonds is 7. The van der Waals surface area contributed by atoms with E-state index in [1.54, 1.807) is 12.2 Å². The first-order valence-corrected chi connectivity index (χ1v) is 7.18. The molecule has 0 saturated heterocycles. The lowest BCUT2D eigenvalue weighted by molar-refractivity contribution is 0.0865. The van der Waals surface area contributed by atoms with Gasteiger partial charge in [-0.3, -0.25) is 9.69 Å². The molecular weight excluding hydrogens is 264 g/mol. The number of carbonyl (C=O) groups excluding carboxylic acids is 1. The van der Waals surface area contributed by atoms with E-state index in [1.807, 2.05) is 30.0 Å². The molecule has 0 saturated carbocycles. The van der Waals surface area contributed by atoms with Crippen molar-refractivity contribution in [2.24, 2.45) is 0 Å². The summed E-state index contributed by atoms with van der Waals surface area (Å²) < 4.78 is 5.53. The van der Waals surface area contributed by atoms with Crippen LogP contribution in [0.15, 0.2) is 43.5 Å². The quantitative estimate of drug-likeness (QED) is 0.618. The van der Waals surface area contributed by atoms with Crippen molar-refractivity contribution in [2.75, 3.05) is 31.6 Å². The van der Waals surface area contributed by atoms with Gasteiger partial charge in [0.25, 0.3) is 0 Å². The molecule has 4 heteroatoms. The summed E-state index contributed by atoms with van der Waals surface area (Å²) in [5.41, 5.74) is 1.58. The Hall–Kier alpha value is -2.07. The monoisotopic (exact) mass is 286 g/mol. The normalized spacial score (nSPS) is 14.6. The predicted molar refractivity (Wildman–Crippen MR) is 86.2 cm³/mol. The van der Waals surface area contributed by atoms with Gasteiger partial charge in [-0.15, -0.1) is 13.2 Å². The Kier molecular flexibility index (Phi) is 5.17. The average molecular weight is 286 g/mol. The van der Waals surface area contributed by atoms with Crippen LogP contribution < -0.4 is 10.1 Å². The first kappa shape index (κ1) is 15.3. The van der Waals surface area contributed by atoms with Crippen LogP contribution in [0.2, 0.25) is 0 Å². The molecule has 0 radical (unpaired) electrons. The molecule has 21 heavy (non-hydrogen) atoms. The van der Waals surface area contributed by atoms with E-state index in [4.69, 9.17) is 4.74 Å². The van der Waals surface area contributed by atoms with E-state index < -0.39 is 0 Å². The zero-order valence-corrected chi connectivity index (χ0v) is 12.5. The second-order valence-corrected chi connectivity index (χ2v) is 5.06. The minimum atomic E-state index is -0.219. The third-order valence-corrected chi connectivity index (χ3v) is 3.59. The lowest BCUT2D eigenvalue weighted by atomic mass is 10.0. The molecule has 112 valence electrons. The van der Waals surface area contributed by atoms with Crippen LogP contribution in [0.25, 0.3) is 0 Å². The van der Waals surface area contributed by atoms with Crippen LogP contribution in [0.5, 0.6) is 5.75 Å². The number of fused-ring (bicyclic) bond motifs is 1. The largest absolute Gasteiger partial charge is 0.490 e.